The van der Waals surface area contributed by atoms with Gasteiger partial charge in [0.1, 0.15) is 0 Å². The highest BCUT2D eigenvalue weighted by Gasteiger charge is 2.26. The molecule has 2 aromatic rings. The molecule has 2 nitrogen and oxygen atoms in total. The smallest absolute Gasteiger partial charge is 0.259 e. The minimum Gasteiger partial charge on any atom is -0.308 e. The lowest BCUT2D eigenvalue weighted by Gasteiger charge is -2.19. The van der Waals surface area contributed by atoms with Crippen LogP contribution in [0.1, 0.15) is 15.9 Å². The van der Waals surface area contributed by atoms with Gasteiger partial charge in [-0.1, -0.05) is 36.4 Å². The molecule has 21 heavy (non-hydrogen) atoms. The van der Waals surface area contributed by atoms with Gasteiger partial charge in [-0.25, -0.2) is 0 Å². The summed E-state index contributed by atoms with van der Waals surface area (Å²) in [6.45, 7) is 4.50. The first-order chi connectivity index (χ1) is 10.3. The van der Waals surface area contributed by atoms with Crippen LogP contribution in [0, 0.1) is 0 Å². The Morgan fingerprint density at radius 1 is 1.19 bits per heavy atom. The van der Waals surface area contributed by atoms with E-state index in [1.54, 1.807) is 11.8 Å². The van der Waals surface area contributed by atoms with Crippen molar-refractivity contribution in [3.05, 3.63) is 72.3 Å². The maximum Gasteiger partial charge on any atom is 0.259 e. The summed E-state index contributed by atoms with van der Waals surface area (Å²) in [5, 5.41) is 0. The van der Waals surface area contributed by atoms with E-state index in [1.165, 1.54) is 5.56 Å². The van der Waals surface area contributed by atoms with E-state index >= 15 is 0 Å². The second kappa shape index (κ2) is 6.19. The van der Waals surface area contributed by atoms with E-state index in [9.17, 15) is 4.79 Å². The number of hydrogen-bond acceptors (Lipinski definition) is 2. The fourth-order valence-electron chi connectivity index (χ4n) is 2.61. The summed E-state index contributed by atoms with van der Waals surface area (Å²) >= 11 is 1.65. The van der Waals surface area contributed by atoms with E-state index in [4.69, 9.17) is 0 Å². The molecule has 1 aliphatic rings. The van der Waals surface area contributed by atoms with Gasteiger partial charge in [-0.3, -0.25) is 4.79 Å². The second-order valence-electron chi connectivity index (χ2n) is 4.93. The van der Waals surface area contributed by atoms with Crippen molar-refractivity contribution in [1.82, 2.24) is 0 Å². The maximum absolute atomic E-state index is 12.9. The van der Waals surface area contributed by atoms with Gasteiger partial charge in [-0.2, -0.15) is 0 Å². The number of para-hydroxylation sites is 1. The fraction of sp³-hybridized carbons (Fsp3) is 0.167. The average Bonchev–Trinajstić information content (AvgIpc) is 2.96. The minimum atomic E-state index is 0.0899. The predicted molar refractivity (Wildman–Crippen MR) is 89.2 cm³/mol. The van der Waals surface area contributed by atoms with Gasteiger partial charge < -0.3 is 4.90 Å². The van der Waals surface area contributed by atoms with E-state index in [0.29, 0.717) is 0 Å². The summed E-state index contributed by atoms with van der Waals surface area (Å²) in [5.41, 5.74) is 3.08. The summed E-state index contributed by atoms with van der Waals surface area (Å²) < 4.78 is 0. The largest absolute Gasteiger partial charge is 0.308 e. The summed E-state index contributed by atoms with van der Waals surface area (Å²) in [7, 11) is 0. The van der Waals surface area contributed by atoms with E-state index in [1.807, 2.05) is 53.4 Å². The summed E-state index contributed by atoms with van der Waals surface area (Å²) in [4.78, 5) is 15.8. The molecule has 0 unspecified atom stereocenters. The van der Waals surface area contributed by atoms with Crippen molar-refractivity contribution >= 4 is 23.4 Å². The van der Waals surface area contributed by atoms with Gasteiger partial charge in [-0.05, 0) is 30.2 Å². The molecule has 0 saturated heterocycles. The maximum atomic E-state index is 12.9. The van der Waals surface area contributed by atoms with Crippen molar-refractivity contribution < 1.29 is 4.79 Å². The van der Waals surface area contributed by atoms with Crippen LogP contribution in [-0.2, 0) is 6.42 Å². The molecule has 1 amide bonds. The van der Waals surface area contributed by atoms with Crippen LogP contribution in [0.3, 0.4) is 0 Å². The van der Waals surface area contributed by atoms with Crippen molar-refractivity contribution in [1.29, 1.82) is 0 Å². The second-order valence-corrected chi connectivity index (χ2v) is 5.99. The Kier molecular flexibility index (Phi) is 4.11. The zero-order chi connectivity index (χ0) is 14.7. The Bertz CT molecular complexity index is 680. The zero-order valence-electron chi connectivity index (χ0n) is 11.8. The van der Waals surface area contributed by atoms with Gasteiger partial charge in [-0.15, -0.1) is 18.3 Å². The van der Waals surface area contributed by atoms with E-state index < -0.39 is 0 Å². The quantitative estimate of drug-likeness (QED) is 0.623. The molecule has 1 heterocycles. The lowest BCUT2D eigenvalue weighted by molar-refractivity contribution is 0.0986. The number of amides is 1. The van der Waals surface area contributed by atoms with Crippen LogP contribution in [0.15, 0.2) is 66.1 Å². The molecule has 0 aromatic heterocycles. The molecular weight excluding hydrogens is 278 g/mol. The van der Waals surface area contributed by atoms with E-state index in [2.05, 4.69) is 12.6 Å². The number of fused-ring (bicyclic) bond motifs is 1. The number of rotatable bonds is 4. The lowest BCUT2D eigenvalue weighted by Crippen LogP contribution is -2.29. The Morgan fingerprint density at radius 3 is 2.81 bits per heavy atom. The number of thioether (sulfide) groups is 1. The summed E-state index contributed by atoms with van der Waals surface area (Å²) in [6.07, 6.45) is 2.79. The average molecular weight is 295 g/mol. The number of anilines is 1. The number of carbonyl (C=O) groups is 1. The normalized spacial score (nSPS) is 13.0. The molecule has 2 aromatic carbocycles. The third kappa shape index (κ3) is 2.74. The Morgan fingerprint density at radius 2 is 1.95 bits per heavy atom. The third-order valence-corrected chi connectivity index (χ3v) is 4.68. The summed E-state index contributed by atoms with van der Waals surface area (Å²) in [5.74, 6) is 0.896. The molecule has 3 rings (SSSR count). The molecule has 1 aliphatic heterocycles. The molecule has 0 spiro atoms. The van der Waals surface area contributed by atoms with Crippen LogP contribution in [0.25, 0.3) is 0 Å². The van der Waals surface area contributed by atoms with Crippen molar-refractivity contribution in [2.75, 3.05) is 17.2 Å². The van der Waals surface area contributed by atoms with Gasteiger partial charge >= 0.3 is 0 Å². The van der Waals surface area contributed by atoms with Crippen LogP contribution in [0.2, 0.25) is 0 Å². The minimum absolute atomic E-state index is 0.0899. The number of carbonyl (C=O) groups excluding carboxylic acids is 1. The van der Waals surface area contributed by atoms with Crippen molar-refractivity contribution in [3.8, 4) is 0 Å². The standard InChI is InChI=1S/C18H17NOS/c1-2-13-21-17-10-6-4-8-15(17)18(20)19-12-11-14-7-3-5-9-16(14)19/h2-10H,1,11-13H2. The van der Waals surface area contributed by atoms with Gasteiger partial charge in [0.25, 0.3) is 5.91 Å². The highest BCUT2D eigenvalue weighted by Crippen LogP contribution is 2.31. The molecule has 3 heteroatoms. The van der Waals surface area contributed by atoms with Gasteiger partial charge in [0.15, 0.2) is 0 Å². The molecule has 0 saturated carbocycles. The Labute approximate surface area is 129 Å². The Hall–Kier alpha value is -2.00. The van der Waals surface area contributed by atoms with E-state index in [-0.39, 0.29) is 5.91 Å². The molecular formula is C18H17NOS. The SMILES string of the molecule is C=CCSc1ccccc1C(=O)N1CCc2ccccc21. The van der Waals surface area contributed by atoms with Crippen LogP contribution >= 0.6 is 11.8 Å². The fourth-order valence-corrected chi connectivity index (χ4v) is 3.40. The molecule has 106 valence electrons. The number of benzene rings is 2. The van der Waals surface area contributed by atoms with Crippen LogP contribution in [-0.4, -0.2) is 18.2 Å². The van der Waals surface area contributed by atoms with Crippen molar-refractivity contribution in [2.45, 2.75) is 11.3 Å². The van der Waals surface area contributed by atoms with Crippen LogP contribution in [0.5, 0.6) is 0 Å². The molecule has 0 aliphatic carbocycles. The first kappa shape index (κ1) is 14.0. The van der Waals surface area contributed by atoms with Gasteiger partial charge in [0, 0.05) is 22.9 Å². The highest BCUT2D eigenvalue weighted by atomic mass is 32.2. The van der Waals surface area contributed by atoms with Crippen LogP contribution < -0.4 is 4.90 Å². The third-order valence-electron chi connectivity index (χ3n) is 3.61. The summed E-state index contributed by atoms with van der Waals surface area (Å²) in [6, 6.07) is 16.0. The van der Waals surface area contributed by atoms with Crippen molar-refractivity contribution in [2.24, 2.45) is 0 Å². The van der Waals surface area contributed by atoms with Gasteiger partial charge in [0.05, 0.1) is 5.56 Å². The zero-order valence-corrected chi connectivity index (χ0v) is 12.6. The first-order valence-corrected chi connectivity index (χ1v) is 8.02. The first-order valence-electron chi connectivity index (χ1n) is 7.04. The van der Waals surface area contributed by atoms with Gasteiger partial charge in [0.2, 0.25) is 0 Å². The number of hydrogen-bond donors (Lipinski definition) is 0. The monoisotopic (exact) mass is 295 g/mol. The molecule has 0 fully saturated rings. The molecule has 0 radical (unpaired) electrons. The van der Waals surface area contributed by atoms with Crippen LogP contribution in [0.4, 0.5) is 5.69 Å². The number of nitrogens with zero attached hydrogens (tertiary/aromatic N) is 1. The highest BCUT2D eigenvalue weighted by molar-refractivity contribution is 7.99. The predicted octanol–water partition coefficient (Wildman–Crippen LogP) is 4.17. The topological polar surface area (TPSA) is 20.3 Å². The lowest BCUT2D eigenvalue weighted by atomic mass is 10.1. The van der Waals surface area contributed by atoms with E-state index in [0.717, 1.165) is 34.9 Å². The molecule has 0 N–H and O–H groups in total. The molecule has 0 atom stereocenters. The van der Waals surface area contributed by atoms with Crippen molar-refractivity contribution in [3.63, 3.8) is 0 Å². The molecule has 0 bridgehead atoms. The Balaban J connectivity index is 1.91.